The van der Waals surface area contributed by atoms with E-state index in [2.05, 4.69) is 39.5 Å². The fraction of sp³-hybridized carbons (Fsp3) is 0.366. The number of likely N-dealkylation sites (tertiary alicyclic amines) is 1. The molecule has 7 rings (SSSR count). The van der Waals surface area contributed by atoms with Gasteiger partial charge in [-0.1, -0.05) is 133 Å². The van der Waals surface area contributed by atoms with Gasteiger partial charge in [-0.25, -0.2) is 0 Å². The third-order valence-corrected chi connectivity index (χ3v) is 11.4. The number of para-hydroxylation sites is 1. The van der Waals surface area contributed by atoms with Crippen LogP contribution in [-0.2, 0) is 32.2 Å². The first-order valence-electron chi connectivity index (χ1n) is 17.9. The summed E-state index contributed by atoms with van der Waals surface area (Å²) in [5, 5.41) is 15.5. The van der Waals surface area contributed by atoms with E-state index in [0.29, 0.717) is 13.2 Å². The maximum Gasteiger partial charge on any atom is 0.272 e. The fourth-order valence-corrected chi connectivity index (χ4v) is 7.97. The summed E-state index contributed by atoms with van der Waals surface area (Å²) < 4.78 is 11.5. The maximum atomic E-state index is 13.3. The van der Waals surface area contributed by atoms with E-state index in [9.17, 15) is 14.7 Å². The highest BCUT2D eigenvalue weighted by molar-refractivity contribution is 6.76. The highest BCUT2D eigenvalue weighted by Crippen LogP contribution is 2.43. The number of alkyl halides is 3. The van der Waals surface area contributed by atoms with E-state index < -0.39 is 21.5 Å². The first-order chi connectivity index (χ1) is 25.6. The van der Waals surface area contributed by atoms with Crippen molar-refractivity contribution in [3.63, 3.8) is 0 Å². The molecule has 278 valence electrons. The van der Waals surface area contributed by atoms with Gasteiger partial charge in [-0.15, -0.1) is 0 Å². The van der Waals surface area contributed by atoms with Crippen molar-refractivity contribution in [2.75, 3.05) is 31.2 Å². The van der Waals surface area contributed by atoms with Gasteiger partial charge in [0.25, 0.3) is 9.70 Å². The van der Waals surface area contributed by atoms with E-state index >= 15 is 0 Å². The molecule has 0 radical (unpaired) electrons. The number of rotatable bonds is 9. The van der Waals surface area contributed by atoms with Gasteiger partial charge in [0.2, 0.25) is 5.91 Å². The quantitative estimate of drug-likeness (QED) is 0.157. The third kappa shape index (κ3) is 8.08. The second-order valence-corrected chi connectivity index (χ2v) is 16.3. The average molecular weight is 778 g/mol. The molecule has 3 N–H and O–H groups in total. The number of benzene rings is 4. The molecule has 0 unspecified atom stereocenters. The number of aliphatic hydroxyl groups is 1. The molecule has 0 saturated carbocycles. The van der Waals surface area contributed by atoms with E-state index in [1.54, 1.807) is 0 Å². The zero-order valence-electron chi connectivity index (χ0n) is 29.4. The van der Waals surface area contributed by atoms with Gasteiger partial charge in [0, 0.05) is 43.3 Å². The summed E-state index contributed by atoms with van der Waals surface area (Å²) in [4.78, 5) is 30.2. The Morgan fingerprint density at radius 1 is 0.906 bits per heavy atom. The minimum absolute atomic E-state index is 0.0202. The Bertz CT molecular complexity index is 1880. The first kappa shape index (κ1) is 37.6. The lowest BCUT2D eigenvalue weighted by Crippen LogP contribution is -2.57. The maximum absolute atomic E-state index is 13.3. The number of nitrogens with zero attached hydrogens (tertiary/aromatic N) is 2. The minimum Gasteiger partial charge on any atom is -0.392 e. The van der Waals surface area contributed by atoms with Crippen molar-refractivity contribution in [3.05, 3.63) is 125 Å². The van der Waals surface area contributed by atoms with E-state index in [1.807, 2.05) is 91.0 Å². The van der Waals surface area contributed by atoms with Gasteiger partial charge >= 0.3 is 0 Å². The van der Waals surface area contributed by atoms with Gasteiger partial charge in [0.1, 0.15) is 5.54 Å². The van der Waals surface area contributed by atoms with Crippen LogP contribution in [0.2, 0.25) is 0 Å². The number of halogens is 3. The van der Waals surface area contributed by atoms with Crippen LogP contribution in [0.4, 0.5) is 5.69 Å². The molecule has 9 nitrogen and oxygen atoms in total. The SMILES string of the molecule is C[C@@H]1[C@H](CN2CCC3(CC2)C(=O)NCN3c2ccccc2)O[C@H](c2ccc(-c3ccccc3CNC(=O)C(Cl)(Cl)Cl)cc2)O[C@@H]1c1ccc(CO)cc1. The molecule has 2 amide bonds. The summed E-state index contributed by atoms with van der Waals surface area (Å²) in [5.74, 6) is -0.570. The van der Waals surface area contributed by atoms with Crippen molar-refractivity contribution in [3.8, 4) is 11.1 Å². The summed E-state index contributed by atoms with van der Waals surface area (Å²) >= 11 is 17.3. The van der Waals surface area contributed by atoms with Crippen LogP contribution < -0.4 is 15.5 Å². The second kappa shape index (κ2) is 16.0. The van der Waals surface area contributed by atoms with Gasteiger partial charge in [-0.05, 0) is 52.8 Å². The topological polar surface area (TPSA) is 103 Å². The molecular weight excluding hydrogens is 735 g/mol. The van der Waals surface area contributed by atoms with Crippen LogP contribution in [0.3, 0.4) is 0 Å². The first-order valence-corrected chi connectivity index (χ1v) is 19.1. The molecule has 3 saturated heterocycles. The van der Waals surface area contributed by atoms with Crippen molar-refractivity contribution in [2.24, 2.45) is 5.92 Å². The average Bonchev–Trinajstić information content (AvgIpc) is 3.49. The summed E-state index contributed by atoms with van der Waals surface area (Å²) in [6, 6.07) is 33.9. The van der Waals surface area contributed by atoms with Crippen LogP contribution in [0.25, 0.3) is 11.1 Å². The van der Waals surface area contributed by atoms with Crippen LogP contribution in [0, 0.1) is 5.92 Å². The van der Waals surface area contributed by atoms with Crippen molar-refractivity contribution >= 4 is 52.3 Å². The van der Waals surface area contributed by atoms with E-state index in [0.717, 1.165) is 65.0 Å². The van der Waals surface area contributed by atoms with Gasteiger partial charge in [0.15, 0.2) is 6.29 Å². The van der Waals surface area contributed by atoms with Gasteiger partial charge in [0.05, 0.1) is 25.5 Å². The monoisotopic (exact) mass is 776 g/mol. The summed E-state index contributed by atoms with van der Waals surface area (Å²) in [5.41, 5.74) is 6.00. The van der Waals surface area contributed by atoms with Crippen LogP contribution in [0.15, 0.2) is 103 Å². The number of ether oxygens (including phenoxy) is 2. The molecule has 4 atom stereocenters. The Morgan fingerprint density at radius 2 is 1.57 bits per heavy atom. The summed E-state index contributed by atoms with van der Waals surface area (Å²) in [6.07, 6.45) is 0.404. The molecule has 0 bridgehead atoms. The molecule has 3 fully saturated rings. The predicted molar refractivity (Wildman–Crippen MR) is 207 cm³/mol. The Morgan fingerprint density at radius 3 is 2.25 bits per heavy atom. The second-order valence-electron chi connectivity index (χ2n) is 14.0. The Kier molecular flexibility index (Phi) is 11.3. The molecule has 3 aliphatic rings. The molecule has 4 aromatic carbocycles. The molecule has 53 heavy (non-hydrogen) atoms. The largest absolute Gasteiger partial charge is 0.392 e. The number of carbonyl (C=O) groups is 2. The molecule has 1 spiro atoms. The normalized spacial score (nSPS) is 23.2. The Balaban J connectivity index is 1.09. The van der Waals surface area contributed by atoms with Gasteiger partial charge < -0.3 is 35.0 Å². The molecule has 0 aliphatic carbocycles. The van der Waals surface area contributed by atoms with Crippen molar-refractivity contribution < 1.29 is 24.2 Å². The van der Waals surface area contributed by atoms with Crippen molar-refractivity contribution in [1.82, 2.24) is 15.5 Å². The lowest BCUT2D eigenvalue weighted by atomic mass is 9.84. The molecule has 12 heteroatoms. The van der Waals surface area contributed by atoms with Gasteiger partial charge in [-0.3, -0.25) is 9.59 Å². The molecule has 3 heterocycles. The number of piperidine rings is 1. The van der Waals surface area contributed by atoms with E-state index in [4.69, 9.17) is 44.3 Å². The molecule has 4 aromatic rings. The summed E-state index contributed by atoms with van der Waals surface area (Å²) in [6.45, 7) is 5.07. The molecular formula is C41H43Cl3N4O5. The van der Waals surface area contributed by atoms with E-state index in [-0.39, 0.29) is 37.2 Å². The Hall–Kier alpha value is -3.67. The van der Waals surface area contributed by atoms with Crippen LogP contribution in [0.5, 0.6) is 0 Å². The number of hydrogen-bond donors (Lipinski definition) is 3. The number of hydrogen-bond acceptors (Lipinski definition) is 7. The number of anilines is 1. The van der Waals surface area contributed by atoms with E-state index in [1.165, 1.54) is 0 Å². The standard InChI is InChI=1S/C41H43Cl3N4O5/c1-27-35(24-47-21-19-40(20-22-47)38(50)46-26-48(40)33-8-3-2-4-9-33)52-37(53-36(27)30-13-11-28(25-49)12-14-30)31-17-15-29(16-18-31)34-10-6-5-7-32(34)23-45-39(51)41(42,43)44/h2-18,27,35-37,49H,19-26H2,1H3,(H,45,51)(H,46,50)/t27-,35+,36+,37+/m1/s1. The Labute approximate surface area is 325 Å². The fourth-order valence-electron chi connectivity index (χ4n) is 7.77. The highest BCUT2D eigenvalue weighted by Gasteiger charge is 2.51. The lowest BCUT2D eigenvalue weighted by molar-refractivity contribution is -0.276. The lowest BCUT2D eigenvalue weighted by Gasteiger charge is -2.46. The van der Waals surface area contributed by atoms with Crippen LogP contribution in [-0.4, -0.2) is 63.6 Å². The predicted octanol–water partition coefficient (Wildman–Crippen LogP) is 7.05. The smallest absolute Gasteiger partial charge is 0.272 e. The van der Waals surface area contributed by atoms with Crippen molar-refractivity contribution in [1.29, 1.82) is 0 Å². The zero-order chi connectivity index (χ0) is 37.2. The molecule has 3 aliphatic heterocycles. The number of carbonyl (C=O) groups excluding carboxylic acids is 2. The highest BCUT2D eigenvalue weighted by atomic mass is 35.6. The minimum atomic E-state index is -2.04. The molecule has 0 aromatic heterocycles. The summed E-state index contributed by atoms with van der Waals surface area (Å²) in [7, 11) is 0. The van der Waals surface area contributed by atoms with Crippen LogP contribution in [0.1, 0.15) is 54.4 Å². The number of amides is 2. The number of nitrogens with one attached hydrogen (secondary N) is 2. The zero-order valence-corrected chi connectivity index (χ0v) is 31.7. The third-order valence-electron chi connectivity index (χ3n) is 10.9. The van der Waals surface area contributed by atoms with Gasteiger partial charge in [-0.2, -0.15) is 0 Å². The van der Waals surface area contributed by atoms with Crippen LogP contribution >= 0.6 is 34.8 Å². The number of aliphatic hydroxyl groups excluding tert-OH is 1. The van der Waals surface area contributed by atoms with Crippen molar-refractivity contribution in [2.45, 2.75) is 60.7 Å².